The van der Waals surface area contributed by atoms with Crippen molar-refractivity contribution in [2.75, 3.05) is 50.4 Å². The molecular weight excluding hydrogens is 422 g/mol. The lowest BCUT2D eigenvalue weighted by Gasteiger charge is -2.22. The zero-order valence-corrected chi connectivity index (χ0v) is 18.8. The van der Waals surface area contributed by atoms with Gasteiger partial charge in [-0.05, 0) is 24.6 Å². The van der Waals surface area contributed by atoms with Crippen LogP contribution < -0.4 is 36.4 Å². The minimum Gasteiger partial charge on any atom is -0.493 e. The summed E-state index contributed by atoms with van der Waals surface area (Å²) < 4.78 is 16.2. The van der Waals surface area contributed by atoms with Gasteiger partial charge in [0.25, 0.3) is 0 Å². The van der Waals surface area contributed by atoms with E-state index in [0.29, 0.717) is 52.5 Å². The first kappa shape index (κ1) is 22.5. The summed E-state index contributed by atoms with van der Waals surface area (Å²) in [4.78, 5) is 18.4. The molecule has 0 aliphatic carbocycles. The number of para-hydroxylation sites is 1. The fourth-order valence-electron chi connectivity index (χ4n) is 3.94. The van der Waals surface area contributed by atoms with Gasteiger partial charge in [-0.15, -0.1) is 0 Å². The third-order valence-electron chi connectivity index (χ3n) is 5.67. The summed E-state index contributed by atoms with van der Waals surface area (Å²) in [5.74, 6) is 8.18. The Balaban J connectivity index is 1.72. The number of H-pyrrole nitrogens is 1. The largest absolute Gasteiger partial charge is 0.493 e. The Morgan fingerprint density at radius 3 is 2.73 bits per heavy atom. The van der Waals surface area contributed by atoms with E-state index in [4.69, 9.17) is 25.8 Å². The van der Waals surface area contributed by atoms with Gasteiger partial charge in [0.15, 0.2) is 16.9 Å². The van der Waals surface area contributed by atoms with Gasteiger partial charge in [-0.2, -0.15) is 0 Å². The van der Waals surface area contributed by atoms with Crippen LogP contribution >= 0.6 is 0 Å². The molecule has 9 nitrogen and oxygen atoms in total. The fraction of sp³-hybridized carbons (Fsp3) is 0.292. The highest BCUT2D eigenvalue weighted by Crippen LogP contribution is 2.31. The number of nitrogens with one attached hydrogen (secondary N) is 1. The minimum absolute atomic E-state index is 0.0666. The van der Waals surface area contributed by atoms with Gasteiger partial charge in [0, 0.05) is 49.0 Å². The van der Waals surface area contributed by atoms with E-state index in [0.717, 1.165) is 25.4 Å². The Hall–Kier alpha value is -3.69. The molecule has 3 aromatic rings. The second-order valence-electron chi connectivity index (χ2n) is 7.73. The number of hydrazine groups is 1. The van der Waals surface area contributed by atoms with Gasteiger partial charge in [-0.3, -0.25) is 9.80 Å². The van der Waals surface area contributed by atoms with Crippen LogP contribution in [0.25, 0.3) is 16.6 Å². The van der Waals surface area contributed by atoms with Crippen molar-refractivity contribution in [1.82, 2.24) is 4.98 Å². The average molecular weight is 452 g/mol. The van der Waals surface area contributed by atoms with Crippen molar-refractivity contribution in [3.8, 4) is 11.5 Å². The first-order valence-corrected chi connectivity index (χ1v) is 10.7. The lowest BCUT2D eigenvalue weighted by Crippen LogP contribution is -2.28. The molecule has 1 aromatic heterocycles. The maximum absolute atomic E-state index is 12.9. The molecule has 33 heavy (non-hydrogen) atoms. The molecule has 0 bridgehead atoms. The van der Waals surface area contributed by atoms with Crippen LogP contribution in [0.2, 0.25) is 0 Å². The predicted molar refractivity (Wildman–Crippen MR) is 131 cm³/mol. The van der Waals surface area contributed by atoms with Crippen LogP contribution in [0.4, 0.5) is 11.5 Å². The molecule has 0 unspecified atom stereocenters. The molecule has 1 fully saturated rings. The standard InChI is InChI=1S/C24H29N5O4/c1-31-21-8-7-16(13-22(21)32-2)29(26)15-19(25)17-5-3-6-18-20(30)14-23(27-24(17)18)28-9-4-11-33-12-10-28/h3,5-8,13-15H,4,9-12,25-26H2,1-2H3,(H,27,30)/b19-15-. The van der Waals surface area contributed by atoms with Crippen LogP contribution in [-0.4, -0.2) is 45.5 Å². The number of hydrogen-bond acceptors (Lipinski definition) is 8. The van der Waals surface area contributed by atoms with Crippen molar-refractivity contribution < 1.29 is 14.2 Å². The number of aromatic nitrogens is 1. The number of pyridine rings is 1. The summed E-state index contributed by atoms with van der Waals surface area (Å²) in [7, 11) is 3.14. The highest BCUT2D eigenvalue weighted by Gasteiger charge is 2.15. The molecule has 174 valence electrons. The third-order valence-corrected chi connectivity index (χ3v) is 5.67. The molecule has 5 N–H and O–H groups in total. The lowest BCUT2D eigenvalue weighted by molar-refractivity contribution is 0.152. The number of anilines is 2. The van der Waals surface area contributed by atoms with Crippen molar-refractivity contribution in [2.45, 2.75) is 6.42 Å². The highest BCUT2D eigenvalue weighted by atomic mass is 16.5. The Kier molecular flexibility index (Phi) is 6.71. The van der Waals surface area contributed by atoms with Gasteiger partial charge < -0.3 is 29.8 Å². The Labute approximate surface area is 192 Å². The van der Waals surface area contributed by atoms with E-state index in [-0.39, 0.29) is 5.43 Å². The number of benzene rings is 2. The molecule has 1 aliphatic heterocycles. The van der Waals surface area contributed by atoms with Crippen LogP contribution in [0.3, 0.4) is 0 Å². The number of aromatic amines is 1. The molecule has 2 aromatic carbocycles. The summed E-state index contributed by atoms with van der Waals surface area (Å²) in [6.07, 6.45) is 2.51. The van der Waals surface area contributed by atoms with Crippen molar-refractivity contribution in [1.29, 1.82) is 0 Å². The molecule has 1 saturated heterocycles. The molecule has 2 heterocycles. The van der Waals surface area contributed by atoms with Gasteiger partial charge in [0.05, 0.1) is 37.7 Å². The van der Waals surface area contributed by atoms with Crippen LogP contribution in [-0.2, 0) is 4.74 Å². The van der Waals surface area contributed by atoms with E-state index in [2.05, 4.69) is 9.88 Å². The number of methoxy groups -OCH3 is 2. The molecule has 0 saturated carbocycles. The summed E-state index contributed by atoms with van der Waals surface area (Å²) >= 11 is 0. The number of fused-ring (bicyclic) bond motifs is 1. The second kappa shape index (κ2) is 9.85. The van der Waals surface area contributed by atoms with E-state index in [1.165, 1.54) is 5.01 Å². The third kappa shape index (κ3) is 4.74. The Bertz CT molecular complexity index is 1220. The van der Waals surface area contributed by atoms with Crippen LogP contribution in [0.1, 0.15) is 12.0 Å². The number of hydrogen-bond donors (Lipinski definition) is 3. The Morgan fingerprint density at radius 1 is 1.12 bits per heavy atom. The molecule has 9 heteroatoms. The first-order valence-electron chi connectivity index (χ1n) is 10.7. The van der Waals surface area contributed by atoms with Crippen LogP contribution in [0.15, 0.2) is 53.5 Å². The van der Waals surface area contributed by atoms with E-state index in [9.17, 15) is 4.79 Å². The number of ether oxygens (including phenoxy) is 3. The predicted octanol–water partition coefficient (Wildman–Crippen LogP) is 2.41. The monoisotopic (exact) mass is 451 g/mol. The van der Waals surface area contributed by atoms with Crippen LogP contribution in [0, 0.1) is 0 Å². The summed E-state index contributed by atoms with van der Waals surface area (Å²) in [5.41, 5.74) is 8.81. The zero-order chi connectivity index (χ0) is 23.4. The van der Waals surface area contributed by atoms with Gasteiger partial charge in [0.1, 0.15) is 5.82 Å². The maximum Gasteiger partial charge on any atom is 0.191 e. The number of nitrogens with zero attached hydrogens (tertiary/aromatic N) is 2. The fourth-order valence-corrected chi connectivity index (χ4v) is 3.94. The summed E-state index contributed by atoms with van der Waals surface area (Å²) in [5, 5.41) is 1.97. The molecule has 1 aliphatic rings. The van der Waals surface area contributed by atoms with Crippen molar-refractivity contribution >= 4 is 28.1 Å². The maximum atomic E-state index is 12.9. The molecule has 4 rings (SSSR count). The van der Waals surface area contributed by atoms with Crippen molar-refractivity contribution in [2.24, 2.45) is 11.6 Å². The molecule has 0 amide bonds. The first-order chi connectivity index (χ1) is 16.0. The second-order valence-corrected chi connectivity index (χ2v) is 7.73. The number of nitrogens with two attached hydrogens (primary N) is 2. The van der Waals surface area contributed by atoms with E-state index >= 15 is 0 Å². The van der Waals surface area contributed by atoms with E-state index in [1.807, 2.05) is 12.1 Å². The van der Waals surface area contributed by atoms with Crippen molar-refractivity contribution in [3.63, 3.8) is 0 Å². The smallest absolute Gasteiger partial charge is 0.191 e. The van der Waals surface area contributed by atoms with Gasteiger partial charge in [-0.25, -0.2) is 5.84 Å². The SMILES string of the molecule is COc1ccc(N(N)/C=C(\N)c2cccc3c(=O)cc(N4CCCOCC4)[nH]c23)cc1OC. The average Bonchev–Trinajstić information content (AvgIpc) is 3.12. The zero-order valence-electron chi connectivity index (χ0n) is 18.8. The van der Waals surface area contributed by atoms with Gasteiger partial charge >= 0.3 is 0 Å². The molecule has 0 atom stereocenters. The lowest BCUT2D eigenvalue weighted by atomic mass is 10.1. The van der Waals surface area contributed by atoms with Crippen molar-refractivity contribution in [3.05, 3.63) is 64.5 Å². The van der Waals surface area contributed by atoms with E-state index in [1.54, 1.807) is 50.8 Å². The molecular formula is C24H29N5O4. The number of rotatable bonds is 6. The normalized spacial score (nSPS) is 14.8. The Morgan fingerprint density at radius 2 is 1.94 bits per heavy atom. The summed E-state index contributed by atoms with van der Waals surface area (Å²) in [6.45, 7) is 2.87. The van der Waals surface area contributed by atoms with Gasteiger partial charge in [-0.1, -0.05) is 12.1 Å². The van der Waals surface area contributed by atoms with E-state index < -0.39 is 0 Å². The van der Waals surface area contributed by atoms with Gasteiger partial charge in [0.2, 0.25) is 0 Å². The summed E-state index contributed by atoms with van der Waals surface area (Å²) in [6, 6.07) is 12.4. The highest BCUT2D eigenvalue weighted by molar-refractivity contribution is 5.91. The molecule has 0 spiro atoms. The quantitative estimate of drug-likeness (QED) is 0.386. The minimum atomic E-state index is -0.0666. The topological polar surface area (TPSA) is 119 Å². The molecule has 0 radical (unpaired) electrons. The van der Waals surface area contributed by atoms with Crippen LogP contribution in [0.5, 0.6) is 11.5 Å².